The van der Waals surface area contributed by atoms with Crippen LogP contribution in [0.5, 0.6) is 11.5 Å². The van der Waals surface area contributed by atoms with E-state index in [0.717, 1.165) is 21.9 Å². The molecule has 0 spiro atoms. The predicted molar refractivity (Wildman–Crippen MR) is 187 cm³/mol. The van der Waals surface area contributed by atoms with Crippen molar-refractivity contribution in [1.29, 1.82) is 0 Å². The van der Waals surface area contributed by atoms with Gasteiger partial charge < -0.3 is 15.3 Å². The third-order valence-electron chi connectivity index (χ3n) is 10.9. The molecule has 3 fully saturated rings. The van der Waals surface area contributed by atoms with Crippen molar-refractivity contribution in [2.24, 2.45) is 23.7 Å². The smallest absolute Gasteiger partial charge is 0.339 e. The molecule has 2 aliphatic carbocycles. The molecule has 2 saturated heterocycles. The lowest BCUT2D eigenvalue weighted by atomic mass is 9.49. The van der Waals surface area contributed by atoms with E-state index in [2.05, 4.69) is 0 Å². The Hall–Kier alpha value is -5.45. The number of aromatic carboxylic acids is 1. The Kier molecular flexibility index (Phi) is 7.59. The first-order chi connectivity index (χ1) is 24.4. The minimum atomic E-state index is -1.60. The van der Waals surface area contributed by atoms with E-state index in [0.29, 0.717) is 21.7 Å². The van der Waals surface area contributed by atoms with Gasteiger partial charge in [0, 0.05) is 27.6 Å². The highest BCUT2D eigenvalue weighted by atomic mass is 35.5. The fraction of sp³-hybridized carbons (Fsp3) is 0.205. The van der Waals surface area contributed by atoms with E-state index in [-0.39, 0.29) is 40.6 Å². The molecule has 2 aliphatic heterocycles. The average Bonchev–Trinajstić information content (AvgIpc) is 3.50. The number of benzene rings is 4. The van der Waals surface area contributed by atoms with Crippen molar-refractivity contribution in [3.63, 3.8) is 0 Å². The van der Waals surface area contributed by atoms with Gasteiger partial charge >= 0.3 is 5.97 Å². The molecule has 51 heavy (non-hydrogen) atoms. The van der Waals surface area contributed by atoms with Gasteiger partial charge in [-0.25, -0.2) is 14.6 Å². The number of carbonyl (C=O) groups is 5. The molecule has 4 aromatic carbocycles. The van der Waals surface area contributed by atoms with Gasteiger partial charge in [0.1, 0.15) is 17.1 Å². The number of phenolic OH excluding ortho intramolecular Hbond substituents is 1. The van der Waals surface area contributed by atoms with Gasteiger partial charge in [0.05, 0.1) is 34.5 Å². The van der Waals surface area contributed by atoms with Gasteiger partial charge in [-0.2, -0.15) is 0 Å². The predicted octanol–water partition coefficient (Wildman–Crippen LogP) is 6.47. The van der Waals surface area contributed by atoms with Crippen LogP contribution >= 0.6 is 23.2 Å². The quantitative estimate of drug-likeness (QED) is 0.157. The molecule has 4 aliphatic rings. The molecule has 6 atom stereocenters. The number of halogens is 2. The van der Waals surface area contributed by atoms with E-state index in [1.54, 1.807) is 54.6 Å². The summed E-state index contributed by atoms with van der Waals surface area (Å²) in [5.74, 6) is -8.83. The summed E-state index contributed by atoms with van der Waals surface area (Å²) in [7, 11) is 0. The van der Waals surface area contributed by atoms with Crippen molar-refractivity contribution in [2.75, 3.05) is 9.80 Å². The number of imide groups is 2. The molecule has 6 unspecified atom stereocenters. The Morgan fingerprint density at radius 1 is 0.725 bits per heavy atom. The Bertz CT molecular complexity index is 2240. The first-order valence-corrected chi connectivity index (χ1v) is 17.0. The number of nitrogens with zero attached hydrogens (tertiary/aromatic N) is 2. The van der Waals surface area contributed by atoms with Crippen LogP contribution in [-0.4, -0.2) is 44.9 Å². The van der Waals surface area contributed by atoms with E-state index in [4.69, 9.17) is 23.2 Å². The summed E-state index contributed by atoms with van der Waals surface area (Å²) >= 11 is 12.9. The highest BCUT2D eigenvalue weighted by molar-refractivity contribution is 6.32. The fourth-order valence-electron chi connectivity index (χ4n) is 8.94. The van der Waals surface area contributed by atoms with Gasteiger partial charge in [-0.05, 0) is 72.9 Å². The maximum atomic E-state index is 15.3. The van der Waals surface area contributed by atoms with Gasteiger partial charge in [-0.1, -0.05) is 71.2 Å². The van der Waals surface area contributed by atoms with Crippen molar-refractivity contribution < 1.29 is 39.3 Å². The minimum Gasteiger partial charge on any atom is -0.508 e. The molecular formula is C39H28Cl2N2O8. The van der Waals surface area contributed by atoms with Crippen molar-refractivity contribution in [1.82, 2.24) is 0 Å². The Labute approximate surface area is 301 Å². The summed E-state index contributed by atoms with van der Waals surface area (Å²) in [5, 5.41) is 31.9. The lowest BCUT2D eigenvalue weighted by molar-refractivity contribution is -0.127. The summed E-state index contributed by atoms with van der Waals surface area (Å²) in [6.45, 7) is 0. The molecular weight excluding hydrogens is 695 g/mol. The number of carboxylic acid groups (broad SMARTS) is 1. The second kappa shape index (κ2) is 11.8. The second-order valence-corrected chi connectivity index (χ2v) is 14.2. The SMILES string of the molecule is O=C(O)c1ccc(N2C(=O)C3CC=C4C(CC5C(=O)N(c6cccc(Cl)c6)C(=O)C5(c5ccccc5)C4c4cc(Cl)ccc4O)C3C2=O)cc1O. The van der Waals surface area contributed by atoms with Crippen LogP contribution in [0.25, 0.3) is 0 Å². The van der Waals surface area contributed by atoms with Crippen LogP contribution in [0, 0.1) is 23.7 Å². The molecule has 1 saturated carbocycles. The lowest BCUT2D eigenvalue weighted by Crippen LogP contribution is -2.53. The van der Waals surface area contributed by atoms with E-state index >= 15 is 4.79 Å². The Balaban J connectivity index is 1.34. The van der Waals surface area contributed by atoms with Crippen LogP contribution in [0.15, 0.2) is 103 Å². The molecule has 8 rings (SSSR count). The van der Waals surface area contributed by atoms with Crippen molar-refractivity contribution >= 4 is 64.2 Å². The molecule has 4 amide bonds. The van der Waals surface area contributed by atoms with Gasteiger partial charge in [-0.3, -0.25) is 19.2 Å². The number of carbonyl (C=O) groups excluding carboxylic acids is 4. The first kappa shape index (κ1) is 32.7. The van der Waals surface area contributed by atoms with Crippen LogP contribution < -0.4 is 9.80 Å². The zero-order valence-corrected chi connectivity index (χ0v) is 28.1. The average molecular weight is 724 g/mol. The summed E-state index contributed by atoms with van der Waals surface area (Å²) in [6.07, 6.45) is 1.99. The zero-order valence-electron chi connectivity index (χ0n) is 26.6. The summed E-state index contributed by atoms with van der Waals surface area (Å²) in [4.78, 5) is 72.1. The van der Waals surface area contributed by atoms with Crippen molar-refractivity contribution in [2.45, 2.75) is 24.2 Å². The van der Waals surface area contributed by atoms with Gasteiger partial charge in [0.25, 0.3) is 0 Å². The number of aromatic hydroxyl groups is 2. The zero-order chi connectivity index (χ0) is 35.9. The maximum absolute atomic E-state index is 15.3. The highest BCUT2D eigenvalue weighted by Crippen LogP contribution is 2.65. The maximum Gasteiger partial charge on any atom is 0.339 e. The van der Waals surface area contributed by atoms with Gasteiger partial charge in [-0.15, -0.1) is 0 Å². The van der Waals surface area contributed by atoms with Crippen molar-refractivity contribution in [3.05, 3.63) is 129 Å². The van der Waals surface area contributed by atoms with Crippen LogP contribution in [0.1, 0.15) is 40.2 Å². The largest absolute Gasteiger partial charge is 0.508 e. The molecule has 3 N–H and O–H groups in total. The Morgan fingerprint density at radius 3 is 2.16 bits per heavy atom. The number of amides is 4. The molecule has 0 aromatic heterocycles. The molecule has 256 valence electrons. The third kappa shape index (κ3) is 4.66. The van der Waals surface area contributed by atoms with E-state index in [1.807, 2.05) is 6.08 Å². The molecule has 4 aromatic rings. The third-order valence-corrected chi connectivity index (χ3v) is 11.4. The lowest BCUT2D eigenvalue weighted by Gasteiger charge is -2.50. The standard InChI is InChI=1S/C39H28Cl2N2O8/c40-20-7-4-8-22(15-20)43-35(47)29-18-27-24(12-13-26-32(27)36(48)42(34(26)46)23-10-11-25(37(49)50)31(45)17-23)33(28-16-21(41)9-14-30(28)44)39(29,38(43)51)19-5-2-1-3-6-19/h1-12,14-17,26-27,29,32-33,44-45H,13,18H2,(H,49,50). The topological polar surface area (TPSA) is 153 Å². The van der Waals surface area contributed by atoms with E-state index < -0.39 is 70.4 Å². The first-order valence-electron chi connectivity index (χ1n) is 16.3. The van der Waals surface area contributed by atoms with Crippen LogP contribution in [0.4, 0.5) is 11.4 Å². The number of rotatable bonds is 5. The molecule has 0 bridgehead atoms. The number of phenols is 2. The van der Waals surface area contributed by atoms with Crippen LogP contribution in [0.3, 0.4) is 0 Å². The van der Waals surface area contributed by atoms with Crippen LogP contribution in [0.2, 0.25) is 10.0 Å². The number of carboxylic acids is 1. The van der Waals surface area contributed by atoms with Crippen molar-refractivity contribution in [3.8, 4) is 11.5 Å². The number of allylic oxidation sites excluding steroid dienone is 2. The highest BCUT2D eigenvalue weighted by Gasteiger charge is 2.70. The number of fused-ring (bicyclic) bond motifs is 4. The Morgan fingerprint density at radius 2 is 1.45 bits per heavy atom. The summed E-state index contributed by atoms with van der Waals surface area (Å²) in [5.41, 5.74) is -0.246. The number of hydrogen-bond acceptors (Lipinski definition) is 7. The molecule has 10 nitrogen and oxygen atoms in total. The van der Waals surface area contributed by atoms with Gasteiger partial charge in [0.2, 0.25) is 23.6 Å². The minimum absolute atomic E-state index is 0.0150. The van der Waals surface area contributed by atoms with Crippen LogP contribution in [-0.2, 0) is 24.6 Å². The normalized spacial score (nSPS) is 26.9. The molecule has 2 heterocycles. The van der Waals surface area contributed by atoms with E-state index in [9.17, 15) is 34.5 Å². The van der Waals surface area contributed by atoms with Gasteiger partial charge in [0.15, 0.2) is 0 Å². The monoisotopic (exact) mass is 722 g/mol. The fourth-order valence-corrected chi connectivity index (χ4v) is 9.30. The summed E-state index contributed by atoms with van der Waals surface area (Å²) < 4.78 is 0. The second-order valence-electron chi connectivity index (χ2n) is 13.3. The van der Waals surface area contributed by atoms with E-state index in [1.165, 1.54) is 24.3 Å². The summed E-state index contributed by atoms with van der Waals surface area (Å²) in [6, 6.07) is 23.3. The number of hydrogen-bond donors (Lipinski definition) is 3. The molecule has 12 heteroatoms. The molecule has 0 radical (unpaired) electrons. The number of anilines is 2.